The van der Waals surface area contributed by atoms with Crippen LogP contribution in [0.1, 0.15) is 26.3 Å². The zero-order valence-corrected chi connectivity index (χ0v) is 9.41. The Hall–Kier alpha value is -1.50. The Balaban J connectivity index is 2.51. The SMILES string of the molecule is CC1=CC(C)(C)n2ccc3cccc1c32. The topological polar surface area (TPSA) is 4.93 Å². The summed E-state index contributed by atoms with van der Waals surface area (Å²) in [5, 5.41) is 1.34. The van der Waals surface area contributed by atoms with Crippen molar-refractivity contribution in [2.45, 2.75) is 26.3 Å². The van der Waals surface area contributed by atoms with Crippen molar-refractivity contribution in [3.63, 3.8) is 0 Å². The number of aromatic nitrogens is 1. The summed E-state index contributed by atoms with van der Waals surface area (Å²) in [5.41, 5.74) is 4.23. The minimum atomic E-state index is 0.0974. The quantitative estimate of drug-likeness (QED) is 0.605. The van der Waals surface area contributed by atoms with E-state index in [9.17, 15) is 0 Å². The molecule has 0 amide bonds. The number of benzene rings is 1. The monoisotopic (exact) mass is 197 g/mol. The van der Waals surface area contributed by atoms with Gasteiger partial charge in [0, 0.05) is 17.1 Å². The van der Waals surface area contributed by atoms with Gasteiger partial charge in [0.1, 0.15) is 0 Å². The van der Waals surface area contributed by atoms with Gasteiger partial charge in [-0.05, 0) is 32.4 Å². The van der Waals surface area contributed by atoms with Gasteiger partial charge in [-0.1, -0.05) is 24.3 Å². The highest BCUT2D eigenvalue weighted by atomic mass is 15.0. The van der Waals surface area contributed by atoms with E-state index in [1.807, 2.05) is 0 Å². The molecule has 1 aromatic carbocycles. The summed E-state index contributed by atoms with van der Waals surface area (Å²) in [6.45, 7) is 6.71. The predicted molar refractivity (Wildman–Crippen MR) is 64.9 cm³/mol. The maximum atomic E-state index is 2.37. The van der Waals surface area contributed by atoms with Gasteiger partial charge in [-0.15, -0.1) is 0 Å². The van der Waals surface area contributed by atoms with Crippen molar-refractivity contribution in [1.82, 2.24) is 4.57 Å². The van der Waals surface area contributed by atoms with Crippen molar-refractivity contribution in [2.75, 3.05) is 0 Å². The Kier molecular flexibility index (Phi) is 1.49. The molecule has 1 aliphatic rings. The van der Waals surface area contributed by atoms with E-state index in [0.717, 1.165) is 0 Å². The second-order valence-electron chi connectivity index (χ2n) is 4.91. The third kappa shape index (κ3) is 1.03. The Bertz CT molecular complexity index is 570. The minimum Gasteiger partial charge on any atom is -0.338 e. The minimum absolute atomic E-state index is 0.0974. The first kappa shape index (κ1) is 8.78. The second-order valence-corrected chi connectivity index (χ2v) is 4.91. The zero-order chi connectivity index (χ0) is 10.6. The molecule has 1 aromatic heterocycles. The number of hydrogen-bond donors (Lipinski definition) is 0. The van der Waals surface area contributed by atoms with Gasteiger partial charge in [-0.3, -0.25) is 0 Å². The summed E-state index contributed by atoms with van der Waals surface area (Å²) in [4.78, 5) is 0. The lowest BCUT2D eigenvalue weighted by atomic mass is 9.92. The molecule has 1 heteroatoms. The molecule has 0 spiro atoms. The molecule has 0 radical (unpaired) electrons. The first-order chi connectivity index (χ1) is 7.09. The highest BCUT2D eigenvalue weighted by Gasteiger charge is 2.25. The molecular formula is C14H15N. The first-order valence-electron chi connectivity index (χ1n) is 5.40. The predicted octanol–water partition coefficient (Wildman–Crippen LogP) is 3.79. The third-order valence-corrected chi connectivity index (χ3v) is 3.33. The van der Waals surface area contributed by atoms with E-state index >= 15 is 0 Å². The number of allylic oxidation sites excluding steroid dienone is 2. The van der Waals surface area contributed by atoms with Gasteiger partial charge in [0.25, 0.3) is 0 Å². The largest absolute Gasteiger partial charge is 0.338 e. The van der Waals surface area contributed by atoms with Gasteiger partial charge < -0.3 is 4.57 Å². The molecule has 0 unspecified atom stereocenters. The Morgan fingerprint density at radius 2 is 1.93 bits per heavy atom. The van der Waals surface area contributed by atoms with Crippen molar-refractivity contribution in [3.8, 4) is 0 Å². The van der Waals surface area contributed by atoms with Crippen LogP contribution in [0, 0.1) is 0 Å². The number of rotatable bonds is 0. The average molecular weight is 197 g/mol. The van der Waals surface area contributed by atoms with E-state index in [1.54, 1.807) is 0 Å². The molecule has 3 rings (SSSR count). The zero-order valence-electron chi connectivity index (χ0n) is 9.41. The number of hydrogen-bond acceptors (Lipinski definition) is 0. The second kappa shape index (κ2) is 2.54. The smallest absolute Gasteiger partial charge is 0.0577 e. The molecule has 2 heterocycles. The average Bonchev–Trinajstić information content (AvgIpc) is 2.58. The van der Waals surface area contributed by atoms with Crippen molar-refractivity contribution in [1.29, 1.82) is 0 Å². The summed E-state index contributed by atoms with van der Waals surface area (Å²) < 4.78 is 2.37. The van der Waals surface area contributed by atoms with E-state index < -0.39 is 0 Å². The third-order valence-electron chi connectivity index (χ3n) is 3.33. The molecule has 0 N–H and O–H groups in total. The first-order valence-corrected chi connectivity index (χ1v) is 5.40. The van der Waals surface area contributed by atoms with Crippen molar-refractivity contribution >= 4 is 16.5 Å². The van der Waals surface area contributed by atoms with Crippen LogP contribution in [0.4, 0.5) is 0 Å². The van der Waals surface area contributed by atoms with E-state index in [1.165, 1.54) is 22.0 Å². The maximum absolute atomic E-state index is 2.37. The molecule has 2 aromatic rings. The van der Waals surface area contributed by atoms with Gasteiger partial charge in [-0.25, -0.2) is 0 Å². The molecule has 0 saturated carbocycles. The van der Waals surface area contributed by atoms with Crippen LogP contribution in [-0.2, 0) is 5.54 Å². The lowest BCUT2D eigenvalue weighted by Crippen LogP contribution is -2.25. The van der Waals surface area contributed by atoms with E-state index in [0.29, 0.717) is 0 Å². The highest BCUT2D eigenvalue weighted by Crippen LogP contribution is 2.36. The summed E-state index contributed by atoms with van der Waals surface area (Å²) in [7, 11) is 0. The Morgan fingerprint density at radius 1 is 1.13 bits per heavy atom. The number of nitrogens with zero attached hydrogens (tertiary/aromatic N) is 1. The Morgan fingerprint density at radius 3 is 2.73 bits per heavy atom. The molecule has 0 atom stereocenters. The molecule has 0 saturated heterocycles. The molecular weight excluding hydrogens is 182 g/mol. The maximum Gasteiger partial charge on any atom is 0.0577 e. The van der Waals surface area contributed by atoms with Crippen LogP contribution >= 0.6 is 0 Å². The van der Waals surface area contributed by atoms with Crippen molar-refractivity contribution < 1.29 is 0 Å². The summed E-state index contributed by atoms with van der Waals surface area (Å²) in [6.07, 6.45) is 4.53. The Labute approximate surface area is 90.0 Å². The molecule has 76 valence electrons. The molecule has 15 heavy (non-hydrogen) atoms. The standard InChI is InChI=1S/C14H15N/c1-10-9-14(2,3)15-8-7-11-5-4-6-12(10)13(11)15/h4-9H,1-3H3. The normalized spacial score (nSPS) is 17.9. The van der Waals surface area contributed by atoms with Crippen LogP contribution in [0.15, 0.2) is 36.5 Å². The van der Waals surface area contributed by atoms with Gasteiger partial charge >= 0.3 is 0 Å². The molecule has 1 nitrogen and oxygen atoms in total. The van der Waals surface area contributed by atoms with Gasteiger partial charge in [0.15, 0.2) is 0 Å². The van der Waals surface area contributed by atoms with Crippen LogP contribution in [-0.4, -0.2) is 4.57 Å². The fraction of sp³-hybridized carbons (Fsp3) is 0.286. The van der Waals surface area contributed by atoms with Crippen LogP contribution in [0.3, 0.4) is 0 Å². The van der Waals surface area contributed by atoms with Crippen molar-refractivity contribution in [2.24, 2.45) is 0 Å². The highest BCUT2D eigenvalue weighted by molar-refractivity contribution is 5.93. The lowest BCUT2D eigenvalue weighted by molar-refractivity contribution is 0.468. The van der Waals surface area contributed by atoms with Gasteiger partial charge in [-0.2, -0.15) is 0 Å². The van der Waals surface area contributed by atoms with Gasteiger partial charge in [0.05, 0.1) is 11.1 Å². The number of para-hydroxylation sites is 1. The van der Waals surface area contributed by atoms with Crippen LogP contribution in [0.25, 0.3) is 16.5 Å². The summed E-state index contributed by atoms with van der Waals surface area (Å²) >= 11 is 0. The molecule has 1 aliphatic heterocycles. The van der Waals surface area contributed by atoms with Crippen LogP contribution in [0.5, 0.6) is 0 Å². The van der Waals surface area contributed by atoms with E-state index in [-0.39, 0.29) is 5.54 Å². The molecule has 0 bridgehead atoms. The summed E-state index contributed by atoms with van der Waals surface area (Å²) in [5.74, 6) is 0. The fourth-order valence-corrected chi connectivity index (χ4v) is 2.67. The van der Waals surface area contributed by atoms with Crippen molar-refractivity contribution in [3.05, 3.63) is 42.1 Å². The van der Waals surface area contributed by atoms with E-state index in [4.69, 9.17) is 0 Å². The molecule has 0 fully saturated rings. The van der Waals surface area contributed by atoms with Gasteiger partial charge in [0.2, 0.25) is 0 Å². The fourth-order valence-electron chi connectivity index (χ4n) is 2.67. The molecule has 0 aliphatic carbocycles. The summed E-state index contributed by atoms with van der Waals surface area (Å²) in [6, 6.07) is 8.73. The van der Waals surface area contributed by atoms with E-state index in [2.05, 4.69) is 61.9 Å². The van der Waals surface area contributed by atoms with Crippen LogP contribution in [0.2, 0.25) is 0 Å². The van der Waals surface area contributed by atoms with Crippen LogP contribution < -0.4 is 0 Å². The lowest BCUT2D eigenvalue weighted by Gasteiger charge is -2.30.